The van der Waals surface area contributed by atoms with Crippen LogP contribution in [0.3, 0.4) is 0 Å². The first kappa shape index (κ1) is 15.3. The van der Waals surface area contributed by atoms with Gasteiger partial charge in [-0.15, -0.1) is 0 Å². The summed E-state index contributed by atoms with van der Waals surface area (Å²) >= 11 is 3.39. The molecule has 1 aromatic rings. The molecule has 1 aromatic carbocycles. The highest BCUT2D eigenvalue weighted by Crippen LogP contribution is 2.36. The third kappa shape index (κ3) is 4.16. The van der Waals surface area contributed by atoms with Crippen LogP contribution in [0.2, 0.25) is 0 Å². The number of carbonyl (C=O) groups is 1. The van der Waals surface area contributed by atoms with Crippen molar-refractivity contribution in [2.75, 3.05) is 27.3 Å². The van der Waals surface area contributed by atoms with Crippen LogP contribution in [0, 0.1) is 11.8 Å². The monoisotopic (exact) mass is 326 g/mol. The third-order valence-electron chi connectivity index (χ3n) is 2.27. The third-order valence-corrected chi connectivity index (χ3v) is 3.02. The number of halogens is 1. The molecule has 3 N–H and O–H groups in total. The number of benzene rings is 1. The molecular weight excluding hydrogens is 312 g/mol. The molecular formula is C13H15BrN2O3. The molecule has 5 nitrogen and oxygen atoms in total. The Morgan fingerprint density at radius 1 is 1.42 bits per heavy atom. The molecule has 19 heavy (non-hydrogen) atoms. The Bertz CT molecular complexity index is 521. The number of nitrogens with one attached hydrogen (secondary N) is 1. The number of hydrogen-bond donors (Lipinski definition) is 2. The Balaban J connectivity index is 2.87. The van der Waals surface area contributed by atoms with Gasteiger partial charge < -0.3 is 20.5 Å². The van der Waals surface area contributed by atoms with Crippen LogP contribution in [-0.4, -0.2) is 33.2 Å². The highest BCUT2D eigenvalue weighted by molar-refractivity contribution is 9.10. The second kappa shape index (κ2) is 7.67. The number of rotatable bonds is 4. The van der Waals surface area contributed by atoms with Crippen molar-refractivity contribution in [1.29, 1.82) is 0 Å². The molecule has 1 amide bonds. The first-order valence-corrected chi connectivity index (χ1v) is 6.29. The molecule has 0 radical (unpaired) electrons. The fourth-order valence-electron chi connectivity index (χ4n) is 1.35. The molecule has 0 saturated heterocycles. The summed E-state index contributed by atoms with van der Waals surface area (Å²) in [6.07, 6.45) is 0. The number of nitrogens with two attached hydrogens (primary N) is 1. The summed E-state index contributed by atoms with van der Waals surface area (Å²) in [5, 5.41) is 2.56. The molecule has 0 spiro atoms. The van der Waals surface area contributed by atoms with E-state index in [0.29, 0.717) is 21.5 Å². The van der Waals surface area contributed by atoms with E-state index < -0.39 is 0 Å². The largest absolute Gasteiger partial charge is 0.495 e. The first-order valence-electron chi connectivity index (χ1n) is 5.50. The summed E-state index contributed by atoms with van der Waals surface area (Å²) in [5.74, 6) is 6.77. The zero-order valence-electron chi connectivity index (χ0n) is 10.7. The molecule has 6 heteroatoms. The minimum atomic E-state index is -0.239. The minimum absolute atomic E-state index is 0.0426. The van der Waals surface area contributed by atoms with Crippen molar-refractivity contribution in [2.24, 2.45) is 5.73 Å². The second-order valence-electron chi connectivity index (χ2n) is 3.45. The maximum Gasteiger partial charge on any atom is 0.234 e. The van der Waals surface area contributed by atoms with Crippen LogP contribution in [0.4, 0.5) is 0 Å². The van der Waals surface area contributed by atoms with Gasteiger partial charge in [0, 0.05) is 0 Å². The fraction of sp³-hybridized carbons (Fsp3) is 0.308. The van der Waals surface area contributed by atoms with E-state index in [4.69, 9.17) is 15.2 Å². The minimum Gasteiger partial charge on any atom is -0.495 e. The van der Waals surface area contributed by atoms with Gasteiger partial charge in [0.25, 0.3) is 0 Å². The molecule has 0 bridgehead atoms. The SMILES string of the molecule is COc1ccc(C#CCNC(=O)CN)c(OC)c1Br. The lowest BCUT2D eigenvalue weighted by Crippen LogP contribution is -2.30. The van der Waals surface area contributed by atoms with Crippen LogP contribution in [0.5, 0.6) is 11.5 Å². The van der Waals surface area contributed by atoms with Crippen molar-refractivity contribution in [3.8, 4) is 23.3 Å². The van der Waals surface area contributed by atoms with Crippen molar-refractivity contribution >= 4 is 21.8 Å². The van der Waals surface area contributed by atoms with Gasteiger partial charge in [-0.3, -0.25) is 4.79 Å². The van der Waals surface area contributed by atoms with Crippen LogP contribution in [0.15, 0.2) is 16.6 Å². The summed E-state index contributed by atoms with van der Waals surface area (Å²) in [6, 6.07) is 3.58. The average Bonchev–Trinajstić information content (AvgIpc) is 2.43. The quantitative estimate of drug-likeness (QED) is 0.806. The van der Waals surface area contributed by atoms with Gasteiger partial charge in [-0.2, -0.15) is 0 Å². The van der Waals surface area contributed by atoms with E-state index in [9.17, 15) is 4.79 Å². The molecule has 1 rings (SSSR count). The number of hydrogen-bond acceptors (Lipinski definition) is 4. The maximum absolute atomic E-state index is 10.9. The number of amides is 1. The standard InChI is InChI=1S/C13H15BrN2O3/c1-18-10-6-5-9(13(19-2)12(10)14)4-3-7-16-11(17)8-15/h5-6H,7-8,15H2,1-2H3,(H,16,17). The van der Waals surface area contributed by atoms with E-state index >= 15 is 0 Å². The molecule has 0 atom stereocenters. The summed E-state index contributed by atoms with van der Waals surface area (Å²) in [4.78, 5) is 10.9. The van der Waals surface area contributed by atoms with Gasteiger partial charge in [0.15, 0.2) is 5.75 Å². The van der Waals surface area contributed by atoms with Crippen LogP contribution in [0.25, 0.3) is 0 Å². The molecule has 0 aliphatic rings. The smallest absolute Gasteiger partial charge is 0.234 e. The summed E-state index contributed by atoms with van der Waals surface area (Å²) in [7, 11) is 3.13. The van der Waals surface area contributed by atoms with Gasteiger partial charge in [-0.1, -0.05) is 11.8 Å². The van der Waals surface area contributed by atoms with Gasteiger partial charge in [0.2, 0.25) is 5.91 Å². The predicted octanol–water partition coefficient (Wildman–Crippen LogP) is 0.893. The zero-order chi connectivity index (χ0) is 14.3. The van der Waals surface area contributed by atoms with E-state index in [1.165, 1.54) is 0 Å². The molecule has 0 aliphatic carbocycles. The van der Waals surface area contributed by atoms with Gasteiger partial charge in [0.1, 0.15) is 10.2 Å². The fourth-order valence-corrected chi connectivity index (χ4v) is 2.02. The number of ether oxygens (including phenoxy) is 2. The van der Waals surface area contributed by atoms with Gasteiger partial charge in [-0.25, -0.2) is 0 Å². The van der Waals surface area contributed by atoms with Crippen molar-refractivity contribution in [3.63, 3.8) is 0 Å². The topological polar surface area (TPSA) is 73.6 Å². The normalized spacial score (nSPS) is 9.26. The Labute approximate surface area is 120 Å². The highest BCUT2D eigenvalue weighted by Gasteiger charge is 2.10. The number of carbonyl (C=O) groups excluding carboxylic acids is 1. The van der Waals surface area contributed by atoms with Gasteiger partial charge in [0.05, 0.1) is 32.9 Å². The van der Waals surface area contributed by atoms with Crippen molar-refractivity contribution in [2.45, 2.75) is 0 Å². The van der Waals surface area contributed by atoms with Crippen molar-refractivity contribution in [3.05, 3.63) is 22.2 Å². The van der Waals surface area contributed by atoms with E-state index in [1.807, 2.05) is 0 Å². The lowest BCUT2D eigenvalue weighted by Gasteiger charge is -2.09. The van der Waals surface area contributed by atoms with E-state index in [1.54, 1.807) is 26.4 Å². The zero-order valence-corrected chi connectivity index (χ0v) is 12.3. The van der Waals surface area contributed by atoms with E-state index in [0.717, 1.165) is 0 Å². The van der Waals surface area contributed by atoms with Crippen LogP contribution in [0.1, 0.15) is 5.56 Å². The van der Waals surface area contributed by atoms with Crippen molar-refractivity contribution in [1.82, 2.24) is 5.32 Å². The van der Waals surface area contributed by atoms with Gasteiger partial charge >= 0.3 is 0 Å². The van der Waals surface area contributed by atoms with Crippen LogP contribution >= 0.6 is 15.9 Å². The number of methoxy groups -OCH3 is 2. The Morgan fingerprint density at radius 3 is 2.74 bits per heavy atom. The van der Waals surface area contributed by atoms with Crippen LogP contribution < -0.4 is 20.5 Å². The van der Waals surface area contributed by atoms with E-state index in [2.05, 4.69) is 33.1 Å². The molecule has 0 aliphatic heterocycles. The lowest BCUT2D eigenvalue weighted by atomic mass is 10.2. The Morgan fingerprint density at radius 2 is 2.16 bits per heavy atom. The lowest BCUT2D eigenvalue weighted by molar-refractivity contribution is -0.119. The molecule has 0 heterocycles. The highest BCUT2D eigenvalue weighted by atomic mass is 79.9. The summed E-state index contributed by atoms with van der Waals surface area (Å²) < 4.78 is 11.2. The predicted molar refractivity (Wildman–Crippen MR) is 76.2 cm³/mol. The second-order valence-corrected chi connectivity index (χ2v) is 4.24. The van der Waals surface area contributed by atoms with Crippen LogP contribution in [-0.2, 0) is 4.79 Å². The Hall–Kier alpha value is -1.71. The first-order chi connectivity index (χ1) is 9.13. The van der Waals surface area contributed by atoms with Gasteiger partial charge in [-0.05, 0) is 28.1 Å². The maximum atomic E-state index is 10.9. The molecule has 0 aromatic heterocycles. The average molecular weight is 327 g/mol. The van der Waals surface area contributed by atoms with E-state index in [-0.39, 0.29) is 19.0 Å². The van der Waals surface area contributed by atoms with Crippen molar-refractivity contribution < 1.29 is 14.3 Å². The molecule has 0 unspecified atom stereocenters. The summed E-state index contributed by atoms with van der Waals surface area (Å²) in [6.45, 7) is 0.196. The summed E-state index contributed by atoms with van der Waals surface area (Å²) in [5.41, 5.74) is 5.87. The molecule has 102 valence electrons. The molecule has 0 fully saturated rings. The molecule has 0 saturated carbocycles. The Kier molecular flexibility index (Phi) is 6.19.